The smallest absolute Gasteiger partial charge is 0.164 e. The van der Waals surface area contributed by atoms with Crippen LogP contribution in [0.5, 0.6) is 0 Å². The Morgan fingerprint density at radius 3 is 1.80 bits per heavy atom. The van der Waals surface area contributed by atoms with Crippen molar-refractivity contribution in [3.05, 3.63) is 169 Å². The second-order valence-electron chi connectivity index (χ2n) is 11.1. The molecule has 234 valence electrons. The van der Waals surface area contributed by atoms with E-state index in [4.69, 9.17) is 19.5 Å². The topological polar surface area (TPSA) is 56.7 Å². The molecule has 3 aromatic heterocycles. The highest BCUT2D eigenvalue weighted by molar-refractivity contribution is 6.11. The molecule has 0 spiro atoms. The molecule has 5 nitrogen and oxygen atoms in total. The normalized spacial score (nSPS) is 16.6. The van der Waals surface area contributed by atoms with E-state index in [-0.39, 0.29) is 33.8 Å². The molecule has 50 heavy (non-hydrogen) atoms. The van der Waals surface area contributed by atoms with Crippen LogP contribution >= 0.6 is 0 Å². The van der Waals surface area contributed by atoms with Crippen molar-refractivity contribution >= 4 is 43.7 Å². The van der Waals surface area contributed by atoms with Crippen molar-refractivity contribution < 1.29 is 29.1 Å². The molecule has 0 unspecified atom stereocenters. The van der Waals surface area contributed by atoms with Crippen molar-refractivity contribution in [2.45, 2.75) is 0 Å². The van der Waals surface area contributed by atoms with Gasteiger partial charge in [-0.15, -0.1) is 0 Å². The fourth-order valence-corrected chi connectivity index (χ4v) is 5.76. The minimum Gasteiger partial charge on any atom is -0.456 e. The van der Waals surface area contributed by atoms with Gasteiger partial charge in [0.05, 0.1) is 35.7 Å². The summed E-state index contributed by atoms with van der Waals surface area (Å²) in [4.78, 5) is 14.0. The summed E-state index contributed by atoms with van der Waals surface area (Å²) in [6, 6.07) is 4.52. The first-order valence-electron chi connectivity index (χ1n) is 24.2. The van der Waals surface area contributed by atoms with E-state index in [1.165, 1.54) is 0 Å². The molecule has 0 aliphatic heterocycles. The lowest BCUT2D eigenvalue weighted by Crippen LogP contribution is -2.00. The van der Waals surface area contributed by atoms with E-state index >= 15 is 0 Å². The fourth-order valence-electron chi connectivity index (χ4n) is 5.76. The van der Waals surface area contributed by atoms with Gasteiger partial charge < -0.3 is 8.98 Å². The van der Waals surface area contributed by atoms with Crippen molar-refractivity contribution in [3.8, 4) is 51.0 Å². The molecule has 0 aliphatic carbocycles. The number of para-hydroxylation sites is 1. The molecule has 0 bridgehead atoms. The van der Waals surface area contributed by atoms with Crippen LogP contribution in [0.1, 0.15) is 24.7 Å². The zero-order valence-corrected chi connectivity index (χ0v) is 25.5. The van der Waals surface area contributed by atoms with Crippen LogP contribution in [0.25, 0.3) is 94.7 Å². The van der Waals surface area contributed by atoms with Gasteiger partial charge in [-0.1, -0.05) is 115 Å². The second kappa shape index (κ2) is 11.4. The monoisotopic (exact) mass is 658 g/mol. The predicted octanol–water partition coefficient (Wildman–Crippen LogP) is 11.5. The fraction of sp³-hybridized carbons (Fsp3) is 0. The minimum atomic E-state index is -0.804. The van der Waals surface area contributed by atoms with Gasteiger partial charge in [-0.05, 0) is 65.5 Å². The number of nitrogens with zero attached hydrogens (tertiary/aromatic N) is 4. The Morgan fingerprint density at radius 1 is 0.420 bits per heavy atom. The Balaban J connectivity index is 1.33. The average molecular weight is 659 g/mol. The number of fused-ring (bicyclic) bond motifs is 6. The molecule has 0 amide bonds. The Bertz CT molecular complexity index is 3810. The standard InChI is InChI=1S/C45H28N4O/c1-4-12-29(13-5-1)32-20-23-36-38-28-34(22-25-41(38)50-42(36)27-32)49-39-19-11-10-18-35(39)37-26-33(21-24-40(37)49)45-47-43(30-14-6-2-7-15-30)46-44(48-45)31-16-8-3-9-17-31/h1-28H/i1D,4D,5D,10D,11D,12D,13D,18D,19D,20D,21D,22D,23D,24D,25D,26D,27D,28D. The molecule has 5 heteroatoms. The maximum atomic E-state index is 9.77. The minimum absolute atomic E-state index is 0.159. The lowest BCUT2D eigenvalue weighted by Gasteiger charge is -2.10. The first-order valence-corrected chi connectivity index (χ1v) is 15.2. The average Bonchev–Trinajstić information content (AvgIpc) is 3.92. The molecule has 0 fully saturated rings. The summed E-state index contributed by atoms with van der Waals surface area (Å²) in [5, 5.41) is -1.44. The van der Waals surface area contributed by atoms with Crippen molar-refractivity contribution in [2.24, 2.45) is 0 Å². The van der Waals surface area contributed by atoms with E-state index in [2.05, 4.69) is 15.0 Å². The number of hydrogen-bond acceptors (Lipinski definition) is 4. The summed E-state index contributed by atoms with van der Waals surface area (Å²) < 4.78 is 168. The van der Waals surface area contributed by atoms with Crippen LogP contribution in [-0.2, 0) is 0 Å². The molecular formula is C45H28N4O. The van der Waals surface area contributed by atoms with Crippen LogP contribution < -0.4 is 0 Å². The lowest BCUT2D eigenvalue weighted by atomic mass is 10.0. The second-order valence-corrected chi connectivity index (χ2v) is 11.1. The third kappa shape index (κ3) is 4.67. The number of hydrogen-bond donors (Lipinski definition) is 0. The Labute approximate surface area is 313 Å². The largest absolute Gasteiger partial charge is 0.456 e. The highest BCUT2D eigenvalue weighted by Crippen LogP contribution is 2.38. The van der Waals surface area contributed by atoms with Crippen molar-refractivity contribution in [1.82, 2.24) is 19.5 Å². The zero-order chi connectivity index (χ0) is 48.7. The number of aromatic nitrogens is 4. The third-order valence-electron chi connectivity index (χ3n) is 8.05. The van der Waals surface area contributed by atoms with Gasteiger partial charge in [-0.2, -0.15) is 0 Å². The van der Waals surface area contributed by atoms with Crippen LogP contribution in [0.15, 0.2) is 174 Å². The summed E-state index contributed by atoms with van der Waals surface area (Å²) >= 11 is 0. The van der Waals surface area contributed by atoms with E-state index in [1.807, 2.05) is 0 Å². The van der Waals surface area contributed by atoms with Crippen LogP contribution in [-0.4, -0.2) is 19.5 Å². The summed E-state index contributed by atoms with van der Waals surface area (Å²) in [5.41, 5.74) is -2.82. The highest BCUT2D eigenvalue weighted by Gasteiger charge is 2.18. The Kier molecular flexibility index (Phi) is 3.55. The van der Waals surface area contributed by atoms with Crippen molar-refractivity contribution in [1.29, 1.82) is 0 Å². The van der Waals surface area contributed by atoms with E-state index < -0.39 is 159 Å². The highest BCUT2D eigenvalue weighted by atomic mass is 16.3. The molecule has 0 saturated heterocycles. The molecule has 7 aromatic carbocycles. The van der Waals surface area contributed by atoms with E-state index in [9.17, 15) is 9.60 Å². The maximum Gasteiger partial charge on any atom is 0.164 e. The predicted molar refractivity (Wildman–Crippen MR) is 203 cm³/mol. The molecule has 0 saturated carbocycles. The first-order chi connectivity index (χ1) is 32.3. The summed E-state index contributed by atoms with van der Waals surface area (Å²) in [6.07, 6.45) is 0. The SMILES string of the molecule is [2H]c1c([2H])c([2H])c(-c2c([2H])c([2H])c3c(oc4c([2H])c([2H])c(-n5c6c([2H])c([2H])c([2H])c([2H])c6c6c([2H])c(-c7nc(-c8ccccc8)nc(-c8ccccc8)n7)c([2H])c([2H])c65)c([2H])c43)c2[2H])c([2H])c1[2H]. The van der Waals surface area contributed by atoms with Gasteiger partial charge in [-0.25, -0.2) is 15.0 Å². The van der Waals surface area contributed by atoms with E-state index in [1.54, 1.807) is 60.7 Å². The van der Waals surface area contributed by atoms with Crippen LogP contribution in [0.4, 0.5) is 0 Å². The van der Waals surface area contributed by atoms with Gasteiger partial charge in [0.1, 0.15) is 11.2 Å². The van der Waals surface area contributed by atoms with Crippen molar-refractivity contribution in [2.75, 3.05) is 0 Å². The molecule has 0 aliphatic rings. The van der Waals surface area contributed by atoms with Crippen LogP contribution in [0, 0.1) is 0 Å². The van der Waals surface area contributed by atoms with Gasteiger partial charge >= 0.3 is 0 Å². The molecule has 0 atom stereocenters. The summed E-state index contributed by atoms with van der Waals surface area (Å²) in [6.45, 7) is 0. The number of benzene rings is 7. The van der Waals surface area contributed by atoms with Gasteiger partial charge in [0.15, 0.2) is 17.5 Å². The van der Waals surface area contributed by atoms with Crippen LogP contribution in [0.3, 0.4) is 0 Å². The number of furan rings is 1. The molecule has 3 heterocycles. The third-order valence-corrected chi connectivity index (χ3v) is 8.05. The van der Waals surface area contributed by atoms with E-state index in [0.717, 1.165) is 4.57 Å². The molecule has 10 rings (SSSR count). The Hall–Kier alpha value is -6.85. The maximum absolute atomic E-state index is 9.77. The Morgan fingerprint density at radius 2 is 1.06 bits per heavy atom. The molecule has 0 radical (unpaired) electrons. The zero-order valence-electron chi connectivity index (χ0n) is 43.5. The molecular weight excluding hydrogens is 613 g/mol. The summed E-state index contributed by atoms with van der Waals surface area (Å²) in [5.74, 6) is 0.105. The number of rotatable bonds is 5. The first kappa shape index (κ1) is 15.6. The molecule has 10 aromatic rings. The van der Waals surface area contributed by atoms with Gasteiger partial charge in [0.2, 0.25) is 0 Å². The van der Waals surface area contributed by atoms with Gasteiger partial charge in [0, 0.05) is 43.9 Å². The lowest BCUT2D eigenvalue weighted by molar-refractivity contribution is 0.669. The summed E-state index contributed by atoms with van der Waals surface area (Å²) in [7, 11) is 0. The van der Waals surface area contributed by atoms with E-state index in [0.29, 0.717) is 11.1 Å². The van der Waals surface area contributed by atoms with Gasteiger partial charge in [0.25, 0.3) is 0 Å². The van der Waals surface area contributed by atoms with Crippen LogP contribution in [0.2, 0.25) is 0 Å². The van der Waals surface area contributed by atoms with Gasteiger partial charge in [-0.3, -0.25) is 0 Å². The molecule has 0 N–H and O–H groups in total. The quantitative estimate of drug-likeness (QED) is 0.185. The van der Waals surface area contributed by atoms with Crippen molar-refractivity contribution in [3.63, 3.8) is 0 Å².